The Morgan fingerprint density at radius 1 is 0.784 bits per heavy atom. The van der Waals surface area contributed by atoms with Gasteiger partial charge in [0.2, 0.25) is 0 Å². The number of aliphatic carboxylic acids is 1. The minimum Gasteiger partial charge on any atom is -0.482 e. The van der Waals surface area contributed by atoms with Crippen LogP contribution in [0.25, 0.3) is 45.0 Å². The lowest BCUT2D eigenvalue weighted by Crippen LogP contribution is -2.09. The molecule has 5 rings (SSSR count). The van der Waals surface area contributed by atoms with Crippen LogP contribution in [-0.4, -0.2) is 33.9 Å². The van der Waals surface area contributed by atoms with Gasteiger partial charge in [0, 0.05) is 16.7 Å². The number of hydrogen-bond donors (Lipinski definition) is 1. The molecule has 4 aromatic carbocycles. The minimum atomic E-state index is -1.04. The average molecular weight is 493 g/mol. The Balaban J connectivity index is 1.71. The normalized spacial score (nSPS) is 10.8. The van der Waals surface area contributed by atoms with Gasteiger partial charge < -0.3 is 14.4 Å². The summed E-state index contributed by atoms with van der Waals surface area (Å²) >= 11 is 0. The first-order valence-corrected chi connectivity index (χ1v) is 12.0. The predicted octanol–water partition coefficient (Wildman–Crippen LogP) is 6.98. The monoisotopic (exact) mass is 492 g/mol. The highest BCUT2D eigenvalue weighted by atomic mass is 19.1. The highest BCUT2D eigenvalue weighted by Crippen LogP contribution is 2.39. The summed E-state index contributed by atoms with van der Waals surface area (Å²) in [6, 6.07) is 34.9. The second-order valence-corrected chi connectivity index (χ2v) is 8.46. The van der Waals surface area contributed by atoms with Gasteiger partial charge in [0.05, 0.1) is 17.9 Å². The average Bonchev–Trinajstić information content (AvgIpc) is 3.32. The highest BCUT2D eigenvalue weighted by molar-refractivity contribution is 5.87. The molecule has 0 aliphatic rings. The number of halogens is 1. The van der Waals surface area contributed by atoms with Gasteiger partial charge in [-0.25, -0.2) is 14.2 Å². The van der Waals surface area contributed by atoms with Gasteiger partial charge in [0.1, 0.15) is 18.2 Å². The predicted molar refractivity (Wildman–Crippen MR) is 143 cm³/mol. The molecule has 0 saturated carbocycles. The van der Waals surface area contributed by atoms with E-state index in [1.807, 2.05) is 102 Å². The second kappa shape index (κ2) is 10.9. The number of carbonyl (C=O) groups is 1. The summed E-state index contributed by atoms with van der Waals surface area (Å²) in [5, 5.41) is 8.98. The molecule has 0 aliphatic heterocycles. The summed E-state index contributed by atoms with van der Waals surface area (Å²) < 4.78 is 21.3. The first kappa shape index (κ1) is 24.0. The van der Waals surface area contributed by atoms with Crippen LogP contribution in [0.5, 0.6) is 5.75 Å². The molecule has 0 bridgehead atoms. The van der Waals surface area contributed by atoms with Crippen LogP contribution < -0.4 is 4.74 Å². The van der Waals surface area contributed by atoms with Crippen LogP contribution in [0.3, 0.4) is 0 Å². The standard InChI is InChI=1S/C31H25FN2O3/c32-18-19-34-30(23-12-5-2-6-13-23)29(22-10-3-1-4-11-22)33-31(34)27-17-8-7-16-26(27)24-14-9-15-25(20-24)37-21-28(35)36/h1-17,20H,18-19,21H2,(H,35,36). The molecule has 184 valence electrons. The number of rotatable bonds is 9. The molecule has 0 unspecified atom stereocenters. The lowest BCUT2D eigenvalue weighted by Gasteiger charge is -2.14. The van der Waals surface area contributed by atoms with Crippen LogP contribution >= 0.6 is 0 Å². The number of hydrogen-bond acceptors (Lipinski definition) is 3. The smallest absolute Gasteiger partial charge is 0.341 e. The van der Waals surface area contributed by atoms with Crippen molar-refractivity contribution in [3.8, 4) is 50.8 Å². The lowest BCUT2D eigenvalue weighted by atomic mass is 9.99. The maximum Gasteiger partial charge on any atom is 0.341 e. The molecular formula is C31H25FN2O3. The quantitative estimate of drug-likeness (QED) is 0.241. The molecule has 0 saturated heterocycles. The molecule has 1 heterocycles. The molecule has 0 aliphatic carbocycles. The van der Waals surface area contributed by atoms with Crippen LogP contribution in [0, 0.1) is 0 Å². The van der Waals surface area contributed by atoms with Gasteiger partial charge in [-0.1, -0.05) is 97.1 Å². The van der Waals surface area contributed by atoms with Gasteiger partial charge in [-0.2, -0.15) is 0 Å². The fourth-order valence-corrected chi connectivity index (χ4v) is 4.47. The van der Waals surface area contributed by atoms with Gasteiger partial charge in [-0.3, -0.25) is 0 Å². The third-order valence-corrected chi connectivity index (χ3v) is 6.05. The molecule has 5 nitrogen and oxygen atoms in total. The molecule has 0 radical (unpaired) electrons. The molecule has 0 amide bonds. The summed E-state index contributed by atoms with van der Waals surface area (Å²) in [5.41, 5.74) is 6.10. The number of alkyl halides is 1. The van der Waals surface area contributed by atoms with Crippen LogP contribution in [0.2, 0.25) is 0 Å². The van der Waals surface area contributed by atoms with Crippen molar-refractivity contribution in [3.05, 3.63) is 109 Å². The third kappa shape index (κ3) is 5.14. The fourth-order valence-electron chi connectivity index (χ4n) is 4.47. The van der Waals surface area contributed by atoms with E-state index in [2.05, 4.69) is 0 Å². The zero-order chi connectivity index (χ0) is 25.6. The van der Waals surface area contributed by atoms with Crippen LogP contribution in [0.4, 0.5) is 4.39 Å². The van der Waals surface area contributed by atoms with Gasteiger partial charge >= 0.3 is 5.97 Å². The summed E-state index contributed by atoms with van der Waals surface area (Å²) in [5.74, 6) is 0.0699. The SMILES string of the molecule is O=C(O)COc1cccc(-c2ccccc2-c2nc(-c3ccccc3)c(-c3ccccc3)n2CCF)c1. The Morgan fingerprint density at radius 2 is 1.41 bits per heavy atom. The van der Waals surface area contributed by atoms with E-state index in [1.54, 1.807) is 12.1 Å². The second-order valence-electron chi connectivity index (χ2n) is 8.46. The zero-order valence-corrected chi connectivity index (χ0v) is 20.0. The minimum absolute atomic E-state index is 0.148. The highest BCUT2D eigenvalue weighted by Gasteiger charge is 2.22. The Labute approximate surface area is 214 Å². The fraction of sp³-hybridized carbons (Fsp3) is 0.0968. The van der Waals surface area contributed by atoms with E-state index in [-0.39, 0.29) is 6.54 Å². The maximum atomic E-state index is 14.0. The Hall–Kier alpha value is -4.71. The van der Waals surface area contributed by atoms with E-state index < -0.39 is 19.3 Å². The van der Waals surface area contributed by atoms with Crippen molar-refractivity contribution in [3.63, 3.8) is 0 Å². The maximum absolute atomic E-state index is 14.0. The third-order valence-electron chi connectivity index (χ3n) is 6.05. The van der Waals surface area contributed by atoms with Crippen molar-refractivity contribution in [1.29, 1.82) is 0 Å². The topological polar surface area (TPSA) is 64.3 Å². The number of nitrogens with zero attached hydrogens (tertiary/aromatic N) is 2. The number of carboxylic acids is 1. The molecule has 1 N–H and O–H groups in total. The van der Waals surface area contributed by atoms with Gasteiger partial charge in [-0.05, 0) is 23.3 Å². The summed E-state index contributed by atoms with van der Waals surface area (Å²) in [6.45, 7) is -0.819. The van der Waals surface area contributed by atoms with Crippen molar-refractivity contribution in [2.24, 2.45) is 0 Å². The molecule has 6 heteroatoms. The van der Waals surface area contributed by atoms with Crippen LogP contribution in [0.1, 0.15) is 0 Å². The molecule has 0 atom stereocenters. The number of ether oxygens (including phenoxy) is 1. The first-order chi connectivity index (χ1) is 18.2. The zero-order valence-electron chi connectivity index (χ0n) is 20.0. The van der Waals surface area contributed by atoms with E-state index >= 15 is 0 Å². The molecule has 0 spiro atoms. The lowest BCUT2D eigenvalue weighted by molar-refractivity contribution is -0.139. The Bertz CT molecular complexity index is 1510. The molecular weight excluding hydrogens is 467 g/mol. The summed E-state index contributed by atoms with van der Waals surface area (Å²) in [7, 11) is 0. The Morgan fingerprint density at radius 3 is 2.08 bits per heavy atom. The summed E-state index contributed by atoms with van der Waals surface area (Å²) in [6.07, 6.45) is 0. The van der Waals surface area contributed by atoms with E-state index in [9.17, 15) is 9.18 Å². The van der Waals surface area contributed by atoms with Crippen molar-refractivity contribution in [2.75, 3.05) is 13.3 Å². The van der Waals surface area contributed by atoms with Crippen molar-refractivity contribution in [1.82, 2.24) is 9.55 Å². The van der Waals surface area contributed by atoms with Crippen molar-refractivity contribution >= 4 is 5.97 Å². The van der Waals surface area contributed by atoms with Gasteiger partial charge in [-0.15, -0.1) is 0 Å². The molecule has 5 aromatic rings. The molecule has 1 aromatic heterocycles. The van der Waals surface area contributed by atoms with E-state index in [4.69, 9.17) is 14.8 Å². The number of aromatic nitrogens is 2. The number of imidazole rings is 1. The molecule has 0 fully saturated rings. The van der Waals surface area contributed by atoms with Gasteiger partial charge in [0.15, 0.2) is 6.61 Å². The van der Waals surface area contributed by atoms with Crippen LogP contribution in [-0.2, 0) is 11.3 Å². The van der Waals surface area contributed by atoms with E-state index in [1.165, 1.54) is 0 Å². The summed E-state index contributed by atoms with van der Waals surface area (Å²) in [4.78, 5) is 16.1. The molecule has 37 heavy (non-hydrogen) atoms. The van der Waals surface area contributed by atoms with Gasteiger partial charge in [0.25, 0.3) is 0 Å². The number of carboxylic acid groups (broad SMARTS) is 1. The van der Waals surface area contributed by atoms with E-state index in [0.29, 0.717) is 11.6 Å². The van der Waals surface area contributed by atoms with Crippen molar-refractivity contribution in [2.45, 2.75) is 6.54 Å². The van der Waals surface area contributed by atoms with E-state index in [0.717, 1.165) is 39.2 Å². The largest absolute Gasteiger partial charge is 0.482 e. The first-order valence-electron chi connectivity index (χ1n) is 12.0. The number of benzene rings is 4. The van der Waals surface area contributed by atoms with Crippen LogP contribution in [0.15, 0.2) is 109 Å². The van der Waals surface area contributed by atoms with Crippen molar-refractivity contribution < 1.29 is 19.0 Å². The Kier molecular flexibility index (Phi) is 7.08.